The van der Waals surface area contributed by atoms with Crippen LogP contribution in [0.15, 0.2) is 48.5 Å². The van der Waals surface area contributed by atoms with Crippen molar-refractivity contribution in [2.45, 2.75) is 18.4 Å². The van der Waals surface area contributed by atoms with Crippen molar-refractivity contribution in [1.82, 2.24) is 0 Å². The van der Waals surface area contributed by atoms with Crippen LogP contribution in [0.3, 0.4) is 0 Å². The third kappa shape index (κ3) is 2.59. The van der Waals surface area contributed by atoms with Gasteiger partial charge in [-0.15, -0.1) is 11.3 Å². The molecule has 3 aliphatic heterocycles. The Morgan fingerprint density at radius 3 is 2.66 bits per heavy atom. The van der Waals surface area contributed by atoms with Crippen molar-refractivity contribution in [3.63, 3.8) is 0 Å². The summed E-state index contributed by atoms with van der Waals surface area (Å²) in [6.07, 6.45) is 0.713. The number of para-hydroxylation sites is 1. The molecule has 29 heavy (non-hydrogen) atoms. The van der Waals surface area contributed by atoms with E-state index in [1.165, 1.54) is 10.4 Å². The summed E-state index contributed by atoms with van der Waals surface area (Å²) in [4.78, 5) is 4.32. The second kappa shape index (κ2) is 6.36. The first-order valence-corrected chi connectivity index (χ1v) is 11.0. The number of anilines is 1. The molecular formula is C22H16ClNO3S2. The number of thiophene rings is 1. The molecule has 2 aromatic carbocycles. The molecule has 1 aromatic heterocycles. The van der Waals surface area contributed by atoms with Crippen LogP contribution in [-0.4, -0.2) is 18.4 Å². The normalized spacial score (nSPS) is 21.3. The molecule has 0 saturated heterocycles. The summed E-state index contributed by atoms with van der Waals surface area (Å²) in [5.41, 5.74) is 3.17. The van der Waals surface area contributed by atoms with Crippen LogP contribution in [0.1, 0.15) is 22.4 Å². The zero-order valence-corrected chi connectivity index (χ0v) is 17.7. The molecule has 1 spiro atoms. The quantitative estimate of drug-likeness (QED) is 0.487. The van der Waals surface area contributed by atoms with Gasteiger partial charge in [-0.3, -0.25) is 0 Å². The van der Waals surface area contributed by atoms with Gasteiger partial charge < -0.3 is 19.1 Å². The lowest BCUT2D eigenvalue weighted by Crippen LogP contribution is -2.44. The van der Waals surface area contributed by atoms with Crippen LogP contribution in [0.2, 0.25) is 4.34 Å². The number of halogens is 1. The lowest BCUT2D eigenvalue weighted by Gasteiger charge is -2.41. The minimum absolute atomic E-state index is 0.247. The molecule has 3 aliphatic rings. The number of rotatable bonds is 2. The molecule has 4 heterocycles. The van der Waals surface area contributed by atoms with Gasteiger partial charge in [0.25, 0.3) is 0 Å². The molecule has 0 bridgehead atoms. The average molecular weight is 442 g/mol. The Morgan fingerprint density at radius 2 is 1.83 bits per heavy atom. The van der Waals surface area contributed by atoms with Gasteiger partial charge in [-0.25, -0.2) is 0 Å². The SMILES string of the molecule is S=C1CC2(COc3cc4c(cc32)OCO4)c2ccccc2N1Cc1ccc(Cl)s1. The van der Waals surface area contributed by atoms with E-state index in [9.17, 15) is 0 Å². The predicted molar refractivity (Wildman–Crippen MR) is 118 cm³/mol. The minimum Gasteiger partial charge on any atom is -0.492 e. The number of hydrogen-bond acceptors (Lipinski definition) is 5. The van der Waals surface area contributed by atoms with Crippen molar-refractivity contribution in [2.75, 3.05) is 18.3 Å². The Bertz CT molecular complexity index is 1160. The van der Waals surface area contributed by atoms with Gasteiger partial charge in [-0.2, -0.15) is 0 Å². The number of hydrogen-bond donors (Lipinski definition) is 0. The highest BCUT2D eigenvalue weighted by molar-refractivity contribution is 7.80. The van der Waals surface area contributed by atoms with Crippen molar-refractivity contribution in [2.24, 2.45) is 0 Å². The lowest BCUT2D eigenvalue weighted by atomic mass is 9.70. The van der Waals surface area contributed by atoms with E-state index in [1.54, 1.807) is 11.3 Å². The van der Waals surface area contributed by atoms with E-state index in [4.69, 9.17) is 38.0 Å². The van der Waals surface area contributed by atoms with Crippen LogP contribution in [0.5, 0.6) is 17.2 Å². The van der Waals surface area contributed by atoms with Gasteiger partial charge in [0.05, 0.1) is 21.3 Å². The number of ether oxygens (including phenoxy) is 3. The van der Waals surface area contributed by atoms with Crippen molar-refractivity contribution in [3.05, 3.63) is 68.9 Å². The molecule has 0 radical (unpaired) electrons. The fourth-order valence-corrected chi connectivity index (χ4v) is 6.01. The van der Waals surface area contributed by atoms with Crippen LogP contribution in [0.4, 0.5) is 5.69 Å². The molecule has 1 atom stereocenters. The van der Waals surface area contributed by atoms with Gasteiger partial charge in [-0.1, -0.05) is 42.0 Å². The van der Waals surface area contributed by atoms with E-state index in [-0.39, 0.29) is 12.2 Å². The number of thiocarbonyl (C=S) groups is 1. The zero-order chi connectivity index (χ0) is 19.6. The molecule has 0 aliphatic carbocycles. The van der Waals surface area contributed by atoms with Crippen molar-refractivity contribution < 1.29 is 14.2 Å². The first kappa shape index (κ1) is 17.6. The summed E-state index contributed by atoms with van der Waals surface area (Å²) in [6.45, 7) is 1.52. The van der Waals surface area contributed by atoms with Crippen molar-refractivity contribution in [1.29, 1.82) is 0 Å². The molecule has 0 amide bonds. The van der Waals surface area contributed by atoms with E-state index >= 15 is 0 Å². The second-order valence-corrected chi connectivity index (χ2v) is 9.72. The molecule has 7 heteroatoms. The van der Waals surface area contributed by atoms with Crippen LogP contribution < -0.4 is 19.1 Å². The maximum Gasteiger partial charge on any atom is 0.231 e. The van der Waals surface area contributed by atoms with Crippen LogP contribution in [0, 0.1) is 0 Å². The van der Waals surface area contributed by atoms with Crippen LogP contribution in [0.25, 0.3) is 0 Å². The van der Waals surface area contributed by atoms with Crippen LogP contribution in [-0.2, 0) is 12.0 Å². The van der Waals surface area contributed by atoms with Gasteiger partial charge in [0.1, 0.15) is 12.4 Å². The summed E-state index contributed by atoms with van der Waals surface area (Å²) in [7, 11) is 0. The number of nitrogens with zero attached hydrogens (tertiary/aromatic N) is 1. The minimum atomic E-state index is -0.312. The molecule has 0 N–H and O–H groups in total. The number of benzene rings is 2. The Morgan fingerprint density at radius 1 is 1.00 bits per heavy atom. The maximum absolute atomic E-state index is 6.15. The van der Waals surface area contributed by atoms with Crippen LogP contribution >= 0.6 is 35.2 Å². The highest BCUT2D eigenvalue weighted by Crippen LogP contribution is 2.54. The summed E-state index contributed by atoms with van der Waals surface area (Å²) in [6, 6.07) is 16.5. The summed E-state index contributed by atoms with van der Waals surface area (Å²) in [5.74, 6) is 2.36. The second-order valence-electron chi connectivity index (χ2n) is 7.45. The Labute approximate surface area is 182 Å². The number of fused-ring (bicyclic) bond motifs is 5. The first-order valence-electron chi connectivity index (χ1n) is 9.35. The molecule has 4 nitrogen and oxygen atoms in total. The fourth-order valence-electron chi connectivity index (χ4n) is 4.53. The van der Waals surface area contributed by atoms with E-state index < -0.39 is 0 Å². The smallest absolute Gasteiger partial charge is 0.231 e. The first-order chi connectivity index (χ1) is 14.1. The maximum atomic E-state index is 6.15. The van der Waals surface area contributed by atoms with Gasteiger partial charge in [0.15, 0.2) is 11.5 Å². The fraction of sp³-hybridized carbons (Fsp3) is 0.227. The van der Waals surface area contributed by atoms with Gasteiger partial charge >= 0.3 is 0 Å². The third-order valence-electron chi connectivity index (χ3n) is 5.87. The zero-order valence-electron chi connectivity index (χ0n) is 15.3. The average Bonchev–Trinajstić information content (AvgIpc) is 3.43. The van der Waals surface area contributed by atoms with Crippen molar-refractivity contribution >= 4 is 45.8 Å². The monoisotopic (exact) mass is 441 g/mol. The van der Waals surface area contributed by atoms with E-state index in [0.29, 0.717) is 13.0 Å². The molecule has 3 aromatic rings. The molecule has 6 rings (SSSR count). The predicted octanol–water partition coefficient (Wildman–Crippen LogP) is 5.55. The Kier molecular flexibility index (Phi) is 3.85. The summed E-state index contributed by atoms with van der Waals surface area (Å²) < 4.78 is 18.1. The largest absolute Gasteiger partial charge is 0.492 e. The molecule has 0 saturated carbocycles. The standard InChI is InChI=1S/C22H16ClNO3S2/c23-20-6-5-13(29-20)10-24-16-4-2-1-3-14(16)22(9-21(24)28)11-25-17-8-19-18(7-15(17)22)26-12-27-19/h1-8H,9-12H2. The van der Waals surface area contributed by atoms with E-state index in [1.807, 2.05) is 12.1 Å². The summed E-state index contributed by atoms with van der Waals surface area (Å²) >= 11 is 13.7. The third-order valence-corrected chi connectivity index (χ3v) is 7.45. The molecule has 0 fully saturated rings. The van der Waals surface area contributed by atoms with E-state index in [0.717, 1.165) is 44.4 Å². The summed E-state index contributed by atoms with van der Waals surface area (Å²) in [5, 5.41) is 0. The van der Waals surface area contributed by atoms with E-state index in [2.05, 4.69) is 41.3 Å². The molecule has 1 unspecified atom stereocenters. The molecular weight excluding hydrogens is 426 g/mol. The highest BCUT2D eigenvalue weighted by Gasteiger charge is 2.49. The topological polar surface area (TPSA) is 30.9 Å². The molecule has 146 valence electrons. The van der Waals surface area contributed by atoms with Gasteiger partial charge in [0, 0.05) is 28.6 Å². The Balaban J connectivity index is 1.48. The lowest BCUT2D eigenvalue weighted by molar-refractivity contribution is 0.173. The Hall–Kier alpha value is -2.28. The van der Waals surface area contributed by atoms with Gasteiger partial charge in [-0.05, 0) is 29.8 Å². The van der Waals surface area contributed by atoms with Crippen molar-refractivity contribution in [3.8, 4) is 17.2 Å². The van der Waals surface area contributed by atoms with Gasteiger partial charge in [0.2, 0.25) is 6.79 Å². The highest BCUT2D eigenvalue weighted by atomic mass is 35.5.